The molecule has 1 N–H and O–H groups in total. The zero-order valence-electron chi connectivity index (χ0n) is 18.6. The number of nitrogens with one attached hydrogen (secondary N) is 1. The highest BCUT2D eigenvalue weighted by atomic mass is 35.5. The summed E-state index contributed by atoms with van der Waals surface area (Å²) >= 11 is 5.85. The van der Waals surface area contributed by atoms with Crippen molar-refractivity contribution in [2.24, 2.45) is 10.9 Å². The predicted molar refractivity (Wildman–Crippen MR) is 125 cm³/mol. The Morgan fingerprint density at radius 1 is 1.15 bits per heavy atom. The summed E-state index contributed by atoms with van der Waals surface area (Å²) in [7, 11) is 0. The molecule has 0 unspecified atom stereocenters. The van der Waals surface area contributed by atoms with Gasteiger partial charge in [-0.1, -0.05) is 30.8 Å². The van der Waals surface area contributed by atoms with Gasteiger partial charge in [-0.05, 0) is 68.7 Å². The lowest BCUT2D eigenvalue weighted by molar-refractivity contribution is -0.137. The van der Waals surface area contributed by atoms with E-state index in [9.17, 15) is 17.6 Å². The van der Waals surface area contributed by atoms with Gasteiger partial charge in [-0.2, -0.15) is 13.2 Å². The van der Waals surface area contributed by atoms with Crippen LogP contribution in [0.15, 0.2) is 54.2 Å². The number of nitrogens with zero attached hydrogens (tertiary/aromatic N) is 2. The van der Waals surface area contributed by atoms with Gasteiger partial charge in [0.1, 0.15) is 17.5 Å². The van der Waals surface area contributed by atoms with Crippen LogP contribution in [-0.2, 0) is 19.0 Å². The van der Waals surface area contributed by atoms with Crippen molar-refractivity contribution < 1.29 is 17.6 Å². The van der Waals surface area contributed by atoms with E-state index in [2.05, 4.69) is 21.9 Å². The number of pyridine rings is 1. The minimum atomic E-state index is -4.38. The van der Waals surface area contributed by atoms with Gasteiger partial charge in [0, 0.05) is 23.5 Å². The summed E-state index contributed by atoms with van der Waals surface area (Å²) in [6.45, 7) is 5.75. The Labute approximate surface area is 197 Å². The molecule has 3 nitrogen and oxygen atoms in total. The monoisotopic (exact) mass is 481 g/mol. The van der Waals surface area contributed by atoms with E-state index in [1.807, 2.05) is 24.3 Å². The number of alkyl halides is 5. The minimum Gasteiger partial charge on any atom is -0.344 e. The normalized spacial score (nSPS) is 21.6. The van der Waals surface area contributed by atoms with Crippen molar-refractivity contribution >= 4 is 23.1 Å². The molecule has 0 saturated heterocycles. The summed E-state index contributed by atoms with van der Waals surface area (Å²) < 4.78 is 52.1. The van der Waals surface area contributed by atoms with Crippen molar-refractivity contribution in [3.05, 3.63) is 71.6 Å². The molecule has 8 heteroatoms. The second kappa shape index (κ2) is 10.7. The van der Waals surface area contributed by atoms with E-state index in [1.54, 1.807) is 6.92 Å². The van der Waals surface area contributed by atoms with Gasteiger partial charge in [0.15, 0.2) is 0 Å². The molecule has 0 atom stereocenters. The maximum atomic E-state index is 14.1. The number of benzene rings is 1. The molecular weight excluding hydrogens is 454 g/mol. The standard InChI is InChI=1S/C25H28ClF4N3/c1-17(33-23(32-16-26)20-11-13-24(2,27)14-12-20)19-6-3-18(4-7-19)5-9-22-10-8-21(15-31-22)25(28,29)30/h3-4,6-8,10,15,20H,1,5,9,11-14,16H2,2H3,(H,32,33). The molecule has 0 aliphatic heterocycles. The van der Waals surface area contributed by atoms with Crippen LogP contribution in [0.4, 0.5) is 17.6 Å². The third kappa shape index (κ3) is 7.29. The highest BCUT2D eigenvalue weighted by Gasteiger charge is 2.33. The van der Waals surface area contributed by atoms with Crippen molar-refractivity contribution in [2.45, 2.75) is 57.3 Å². The fourth-order valence-electron chi connectivity index (χ4n) is 3.94. The van der Waals surface area contributed by atoms with Crippen LogP contribution in [-0.4, -0.2) is 22.5 Å². The summed E-state index contributed by atoms with van der Waals surface area (Å²) in [5, 5.41) is 3.27. The molecule has 1 heterocycles. The molecule has 0 spiro atoms. The largest absolute Gasteiger partial charge is 0.417 e. The molecule has 2 aromatic rings. The summed E-state index contributed by atoms with van der Waals surface area (Å²) in [5.41, 5.74) is 1.36. The summed E-state index contributed by atoms with van der Waals surface area (Å²) in [6.07, 6.45) is 0.0937. The fourth-order valence-corrected chi connectivity index (χ4v) is 4.07. The molecule has 1 aliphatic rings. The number of aliphatic imine (C=N–C) groups is 1. The van der Waals surface area contributed by atoms with E-state index in [0.29, 0.717) is 49.9 Å². The Morgan fingerprint density at radius 2 is 1.82 bits per heavy atom. The van der Waals surface area contributed by atoms with Crippen molar-refractivity contribution in [2.75, 3.05) is 6.00 Å². The average molecular weight is 482 g/mol. The quantitative estimate of drug-likeness (QED) is 0.152. The van der Waals surface area contributed by atoms with Gasteiger partial charge in [0.2, 0.25) is 0 Å². The number of amidine groups is 1. The maximum absolute atomic E-state index is 14.1. The number of hydrogen-bond acceptors (Lipinski definition) is 2. The molecule has 0 bridgehead atoms. The molecule has 1 saturated carbocycles. The molecule has 3 rings (SSSR count). The van der Waals surface area contributed by atoms with E-state index in [1.165, 1.54) is 6.07 Å². The second-order valence-electron chi connectivity index (χ2n) is 8.69. The Kier molecular flexibility index (Phi) is 8.16. The summed E-state index contributed by atoms with van der Waals surface area (Å²) in [4.78, 5) is 8.29. The Hall–Kier alpha value is -2.41. The van der Waals surface area contributed by atoms with Crippen molar-refractivity contribution in [1.29, 1.82) is 0 Å². The van der Waals surface area contributed by atoms with Gasteiger partial charge in [-0.3, -0.25) is 9.98 Å². The second-order valence-corrected chi connectivity index (χ2v) is 8.93. The number of aryl methyl sites for hydroxylation is 2. The molecule has 0 radical (unpaired) electrons. The smallest absolute Gasteiger partial charge is 0.344 e. The van der Waals surface area contributed by atoms with Crippen LogP contribution in [0.3, 0.4) is 0 Å². The third-order valence-corrected chi connectivity index (χ3v) is 6.17. The van der Waals surface area contributed by atoms with Crippen LogP contribution in [0.1, 0.15) is 55.0 Å². The van der Waals surface area contributed by atoms with E-state index in [-0.39, 0.29) is 11.9 Å². The lowest BCUT2D eigenvalue weighted by atomic mass is 9.80. The predicted octanol–water partition coefficient (Wildman–Crippen LogP) is 6.96. The zero-order valence-corrected chi connectivity index (χ0v) is 19.3. The summed E-state index contributed by atoms with van der Waals surface area (Å²) in [6, 6.07) is 10.4. The van der Waals surface area contributed by atoms with Crippen LogP contribution in [0.2, 0.25) is 0 Å². The summed E-state index contributed by atoms with van der Waals surface area (Å²) in [5.74, 6) is 0.864. The molecule has 1 aliphatic carbocycles. The van der Waals surface area contributed by atoms with Crippen LogP contribution < -0.4 is 5.32 Å². The molecule has 178 valence electrons. The van der Waals surface area contributed by atoms with Gasteiger partial charge in [0.25, 0.3) is 0 Å². The first kappa shape index (κ1) is 25.2. The molecule has 1 aromatic heterocycles. The SMILES string of the molecule is C=C(N/C(=N\CCl)C1CCC(C)(F)CC1)c1ccc(CCc2ccc(C(F)(F)F)cn2)cc1. The van der Waals surface area contributed by atoms with Crippen molar-refractivity contribution in [1.82, 2.24) is 10.3 Å². The van der Waals surface area contributed by atoms with E-state index in [0.717, 1.165) is 29.2 Å². The highest BCUT2D eigenvalue weighted by Crippen LogP contribution is 2.35. The number of rotatable bonds is 7. The van der Waals surface area contributed by atoms with Gasteiger partial charge in [-0.25, -0.2) is 4.39 Å². The molecule has 33 heavy (non-hydrogen) atoms. The van der Waals surface area contributed by atoms with E-state index >= 15 is 0 Å². The van der Waals surface area contributed by atoms with Crippen LogP contribution in [0, 0.1) is 5.92 Å². The van der Waals surface area contributed by atoms with Gasteiger partial charge >= 0.3 is 6.18 Å². The Balaban J connectivity index is 1.56. The number of hydrogen-bond donors (Lipinski definition) is 1. The number of aromatic nitrogens is 1. The van der Waals surface area contributed by atoms with Crippen molar-refractivity contribution in [3.8, 4) is 0 Å². The first-order valence-electron chi connectivity index (χ1n) is 10.9. The fraction of sp³-hybridized carbons (Fsp3) is 0.440. The number of halogens is 5. The molecule has 1 aromatic carbocycles. The minimum absolute atomic E-state index is 0.121. The van der Waals surface area contributed by atoms with Gasteiger partial charge < -0.3 is 5.32 Å². The van der Waals surface area contributed by atoms with Crippen LogP contribution in [0.25, 0.3) is 5.70 Å². The van der Waals surface area contributed by atoms with E-state index < -0.39 is 17.4 Å². The maximum Gasteiger partial charge on any atom is 0.417 e. The topological polar surface area (TPSA) is 37.3 Å². The van der Waals surface area contributed by atoms with Crippen molar-refractivity contribution in [3.63, 3.8) is 0 Å². The Morgan fingerprint density at radius 3 is 2.36 bits per heavy atom. The van der Waals surface area contributed by atoms with Gasteiger partial charge in [-0.15, -0.1) is 11.6 Å². The van der Waals surface area contributed by atoms with E-state index in [4.69, 9.17) is 11.6 Å². The van der Waals surface area contributed by atoms with Gasteiger partial charge in [0.05, 0.1) is 5.56 Å². The molecule has 0 amide bonds. The molecular formula is C25H28ClF4N3. The third-order valence-electron chi connectivity index (χ3n) is 6.05. The first-order valence-corrected chi connectivity index (χ1v) is 11.5. The highest BCUT2D eigenvalue weighted by molar-refractivity contribution is 6.18. The van der Waals surface area contributed by atoms with Crippen LogP contribution >= 0.6 is 11.6 Å². The zero-order chi connectivity index (χ0) is 24.1. The average Bonchev–Trinajstić information content (AvgIpc) is 2.77. The Bertz CT molecular complexity index is 957. The lowest BCUT2D eigenvalue weighted by Crippen LogP contribution is -2.35. The lowest BCUT2D eigenvalue weighted by Gasteiger charge is -2.32. The molecule has 1 fully saturated rings. The first-order chi connectivity index (χ1) is 15.6. The van der Waals surface area contributed by atoms with Crippen LogP contribution in [0.5, 0.6) is 0 Å².